The van der Waals surface area contributed by atoms with Crippen molar-refractivity contribution < 1.29 is 9.53 Å². The number of rotatable bonds is 5. The van der Waals surface area contributed by atoms with E-state index in [1.165, 1.54) is 11.3 Å². The van der Waals surface area contributed by atoms with Gasteiger partial charge in [-0.15, -0.1) is 11.3 Å². The Labute approximate surface area is 126 Å². The Morgan fingerprint density at radius 3 is 2.80 bits per heavy atom. The fourth-order valence-corrected chi connectivity index (χ4v) is 3.24. The van der Waals surface area contributed by atoms with Crippen LogP contribution in [0.4, 0.5) is 5.95 Å². The maximum atomic E-state index is 11.9. The molecule has 0 aliphatic rings. The first-order valence-electron chi connectivity index (χ1n) is 6.46. The number of fused-ring (bicyclic) bond motifs is 1. The van der Waals surface area contributed by atoms with Gasteiger partial charge in [-0.1, -0.05) is 18.5 Å². The number of thiophene rings is 1. The monoisotopic (exact) mass is 313 g/mol. The van der Waals surface area contributed by atoms with Crippen LogP contribution in [0.2, 0.25) is 5.15 Å². The van der Waals surface area contributed by atoms with Crippen LogP contribution in [0.1, 0.15) is 35.5 Å². The molecule has 0 saturated carbocycles. The Morgan fingerprint density at radius 1 is 1.40 bits per heavy atom. The molecule has 1 N–H and O–H groups in total. The van der Waals surface area contributed by atoms with E-state index in [0.717, 1.165) is 23.9 Å². The summed E-state index contributed by atoms with van der Waals surface area (Å²) in [5.74, 6) is 0.146. The van der Waals surface area contributed by atoms with Crippen molar-refractivity contribution in [3.05, 3.63) is 15.6 Å². The third-order valence-electron chi connectivity index (χ3n) is 2.74. The van der Waals surface area contributed by atoms with Gasteiger partial charge in [-0.25, -0.2) is 14.8 Å². The quantitative estimate of drug-likeness (QED) is 0.674. The third kappa shape index (κ3) is 2.86. The van der Waals surface area contributed by atoms with Crippen LogP contribution < -0.4 is 5.32 Å². The van der Waals surface area contributed by atoms with Gasteiger partial charge in [0.15, 0.2) is 0 Å². The number of hydrogen-bond acceptors (Lipinski definition) is 6. The molecule has 0 aliphatic heterocycles. The SMILES string of the molecule is CCCNc1nc(Cl)c2c(C)c(C(=O)OCC)sc2n1. The van der Waals surface area contributed by atoms with Crippen molar-refractivity contribution in [2.45, 2.75) is 27.2 Å². The molecular formula is C13H16ClN3O2S. The fraction of sp³-hybridized carbons (Fsp3) is 0.462. The molecule has 0 atom stereocenters. The Morgan fingerprint density at radius 2 is 2.15 bits per heavy atom. The van der Waals surface area contributed by atoms with Crippen molar-refractivity contribution in [2.75, 3.05) is 18.5 Å². The van der Waals surface area contributed by atoms with E-state index in [1.807, 2.05) is 6.92 Å². The minimum Gasteiger partial charge on any atom is -0.462 e. The van der Waals surface area contributed by atoms with E-state index < -0.39 is 0 Å². The zero-order valence-corrected chi connectivity index (χ0v) is 13.2. The lowest BCUT2D eigenvalue weighted by Gasteiger charge is -2.03. The number of aromatic nitrogens is 2. The van der Waals surface area contributed by atoms with Crippen molar-refractivity contribution in [3.63, 3.8) is 0 Å². The van der Waals surface area contributed by atoms with Gasteiger partial charge in [0.1, 0.15) is 14.9 Å². The smallest absolute Gasteiger partial charge is 0.348 e. The van der Waals surface area contributed by atoms with Crippen LogP contribution in [0, 0.1) is 6.92 Å². The summed E-state index contributed by atoms with van der Waals surface area (Å²) in [6, 6.07) is 0. The number of anilines is 1. The van der Waals surface area contributed by atoms with Crippen LogP contribution in [-0.2, 0) is 4.74 Å². The summed E-state index contributed by atoms with van der Waals surface area (Å²) in [6.07, 6.45) is 0.969. The zero-order valence-electron chi connectivity index (χ0n) is 11.6. The van der Waals surface area contributed by atoms with Crippen LogP contribution in [0.5, 0.6) is 0 Å². The Hall–Kier alpha value is -1.40. The maximum absolute atomic E-state index is 11.9. The molecule has 5 nitrogen and oxygen atoms in total. The lowest BCUT2D eigenvalue weighted by atomic mass is 10.2. The highest BCUT2D eigenvalue weighted by molar-refractivity contribution is 7.20. The van der Waals surface area contributed by atoms with Gasteiger partial charge in [-0.3, -0.25) is 0 Å². The van der Waals surface area contributed by atoms with Gasteiger partial charge in [0.2, 0.25) is 5.95 Å². The molecule has 0 spiro atoms. The van der Waals surface area contributed by atoms with E-state index in [-0.39, 0.29) is 5.97 Å². The number of aryl methyl sites for hydroxylation is 1. The average molecular weight is 314 g/mol. The molecule has 2 aromatic heterocycles. The van der Waals surface area contributed by atoms with Gasteiger partial charge in [0.25, 0.3) is 0 Å². The lowest BCUT2D eigenvalue weighted by molar-refractivity contribution is 0.0531. The fourth-order valence-electron chi connectivity index (χ4n) is 1.80. The van der Waals surface area contributed by atoms with E-state index in [2.05, 4.69) is 22.2 Å². The molecular weight excluding hydrogens is 298 g/mol. The maximum Gasteiger partial charge on any atom is 0.348 e. The highest BCUT2D eigenvalue weighted by Gasteiger charge is 2.20. The second-order valence-corrected chi connectivity index (χ2v) is 5.58. The van der Waals surface area contributed by atoms with Crippen LogP contribution >= 0.6 is 22.9 Å². The predicted molar refractivity (Wildman–Crippen MR) is 81.9 cm³/mol. The minimum absolute atomic E-state index is 0.341. The van der Waals surface area contributed by atoms with Crippen molar-refractivity contribution in [3.8, 4) is 0 Å². The molecule has 0 bridgehead atoms. The number of esters is 1. The van der Waals surface area contributed by atoms with Gasteiger partial charge >= 0.3 is 5.97 Å². The molecule has 0 aliphatic carbocycles. The van der Waals surface area contributed by atoms with Gasteiger partial charge in [0, 0.05) is 6.54 Å². The highest BCUT2D eigenvalue weighted by atomic mass is 35.5. The summed E-state index contributed by atoms with van der Waals surface area (Å²) in [5, 5.41) is 4.18. The van der Waals surface area contributed by atoms with Crippen molar-refractivity contribution in [1.82, 2.24) is 9.97 Å². The van der Waals surface area contributed by atoms with E-state index in [4.69, 9.17) is 16.3 Å². The number of nitrogens with one attached hydrogen (secondary N) is 1. The molecule has 0 aromatic carbocycles. The molecule has 7 heteroatoms. The summed E-state index contributed by atoms with van der Waals surface area (Å²) in [6.45, 7) is 6.78. The largest absolute Gasteiger partial charge is 0.462 e. The number of hydrogen-bond donors (Lipinski definition) is 1. The summed E-state index contributed by atoms with van der Waals surface area (Å²) in [5.41, 5.74) is 0.774. The first-order chi connectivity index (χ1) is 9.58. The Bertz CT molecular complexity index is 642. The summed E-state index contributed by atoms with van der Waals surface area (Å²) >= 11 is 7.49. The minimum atomic E-state index is -0.341. The Kier molecular flexibility index (Phi) is 4.77. The molecule has 2 heterocycles. The number of carbonyl (C=O) groups is 1. The van der Waals surface area contributed by atoms with Gasteiger partial charge in [-0.2, -0.15) is 0 Å². The van der Waals surface area contributed by atoms with Gasteiger partial charge < -0.3 is 10.1 Å². The summed E-state index contributed by atoms with van der Waals surface area (Å²) < 4.78 is 5.04. The first-order valence-corrected chi connectivity index (χ1v) is 7.65. The summed E-state index contributed by atoms with van der Waals surface area (Å²) in [4.78, 5) is 21.7. The van der Waals surface area contributed by atoms with Gasteiger partial charge in [0.05, 0.1) is 12.0 Å². The molecule has 2 aromatic rings. The molecule has 0 saturated heterocycles. The molecule has 0 fully saturated rings. The second kappa shape index (κ2) is 6.37. The normalized spacial score (nSPS) is 10.8. The van der Waals surface area contributed by atoms with Crippen molar-refractivity contribution in [2.24, 2.45) is 0 Å². The van der Waals surface area contributed by atoms with Crippen LogP contribution in [0.3, 0.4) is 0 Å². The van der Waals surface area contributed by atoms with Crippen molar-refractivity contribution >= 4 is 45.1 Å². The summed E-state index contributed by atoms with van der Waals surface area (Å²) in [7, 11) is 0. The topological polar surface area (TPSA) is 64.1 Å². The Balaban J connectivity index is 2.47. The number of halogens is 1. The van der Waals surface area contributed by atoms with E-state index in [0.29, 0.717) is 27.4 Å². The average Bonchev–Trinajstić information content (AvgIpc) is 2.74. The first kappa shape index (κ1) is 15.0. The predicted octanol–water partition coefficient (Wildman–Crippen LogP) is 3.65. The third-order valence-corrected chi connectivity index (χ3v) is 4.18. The molecule has 2 rings (SSSR count). The van der Waals surface area contributed by atoms with E-state index in [1.54, 1.807) is 6.92 Å². The number of nitrogens with zero attached hydrogens (tertiary/aromatic N) is 2. The molecule has 0 unspecified atom stereocenters. The molecule has 0 radical (unpaired) electrons. The van der Waals surface area contributed by atoms with Crippen molar-refractivity contribution in [1.29, 1.82) is 0 Å². The van der Waals surface area contributed by atoms with E-state index >= 15 is 0 Å². The van der Waals surface area contributed by atoms with Crippen LogP contribution in [0.25, 0.3) is 10.2 Å². The number of ether oxygens (including phenoxy) is 1. The lowest BCUT2D eigenvalue weighted by Crippen LogP contribution is -2.04. The van der Waals surface area contributed by atoms with Gasteiger partial charge in [-0.05, 0) is 25.8 Å². The van der Waals surface area contributed by atoms with E-state index in [9.17, 15) is 4.79 Å². The zero-order chi connectivity index (χ0) is 14.7. The van der Waals surface area contributed by atoms with Crippen LogP contribution in [0.15, 0.2) is 0 Å². The standard InChI is InChI=1S/C13H16ClN3O2S/c1-4-6-15-13-16-10(14)8-7(3)9(12(18)19-5-2)20-11(8)17-13/h4-6H2,1-3H3,(H,15,16,17). The molecule has 20 heavy (non-hydrogen) atoms. The molecule has 108 valence electrons. The molecule has 0 amide bonds. The number of carbonyl (C=O) groups excluding carboxylic acids is 1. The second-order valence-electron chi connectivity index (χ2n) is 4.22. The highest BCUT2D eigenvalue weighted by Crippen LogP contribution is 2.34. The van der Waals surface area contributed by atoms with Crippen LogP contribution in [-0.4, -0.2) is 29.1 Å².